The quantitative estimate of drug-likeness (QED) is 0.544. The minimum Gasteiger partial charge on any atom is -0.310 e. The number of para-hydroxylation sites is 2. The molecule has 0 saturated heterocycles. The number of rotatable bonds is 4. The lowest BCUT2D eigenvalue weighted by atomic mass is 9.99. The van der Waals surface area contributed by atoms with Gasteiger partial charge in [0.1, 0.15) is 0 Å². The zero-order valence-electron chi connectivity index (χ0n) is 14.1. The number of aryl methyl sites for hydroxylation is 2. The molecule has 0 aliphatic rings. The van der Waals surface area contributed by atoms with Gasteiger partial charge in [0.25, 0.3) is 0 Å². The molecule has 0 amide bonds. The van der Waals surface area contributed by atoms with Gasteiger partial charge in [-0.05, 0) is 73.4 Å². The molecule has 1 heteroatoms. The Hall–Kier alpha value is -2.54. The molecular weight excluding hydrogens is 278 g/mol. The molecule has 23 heavy (non-hydrogen) atoms. The van der Waals surface area contributed by atoms with E-state index in [0.29, 0.717) is 0 Å². The highest BCUT2D eigenvalue weighted by Crippen LogP contribution is 2.36. The van der Waals surface area contributed by atoms with Crippen molar-refractivity contribution < 1.29 is 0 Å². The van der Waals surface area contributed by atoms with E-state index in [0.717, 1.165) is 6.42 Å². The predicted octanol–water partition coefficient (Wildman–Crippen LogP) is 6.34. The Balaban J connectivity index is 2.17. The lowest BCUT2D eigenvalue weighted by Crippen LogP contribution is -2.10. The van der Waals surface area contributed by atoms with Crippen LogP contribution >= 0.6 is 0 Å². The molecule has 0 N–H and O–H groups in total. The highest BCUT2D eigenvalue weighted by Gasteiger charge is 2.14. The Morgan fingerprint density at radius 2 is 1.09 bits per heavy atom. The summed E-state index contributed by atoms with van der Waals surface area (Å²) in [5.41, 5.74) is 7.76. The van der Waals surface area contributed by atoms with Crippen molar-refractivity contribution in [2.24, 2.45) is 0 Å². The standard InChI is InChI=1S/C22H23N/c1-4-22-17(2)15-21(16-18(22)3)23(19-11-7-5-8-12-19)20-13-9-6-10-14-20/h5-16H,4H2,1-3H3. The van der Waals surface area contributed by atoms with Crippen LogP contribution in [-0.2, 0) is 6.42 Å². The summed E-state index contributed by atoms with van der Waals surface area (Å²) >= 11 is 0. The monoisotopic (exact) mass is 301 g/mol. The van der Waals surface area contributed by atoms with E-state index < -0.39 is 0 Å². The van der Waals surface area contributed by atoms with Crippen LogP contribution in [0.25, 0.3) is 0 Å². The fourth-order valence-electron chi connectivity index (χ4n) is 3.26. The Bertz CT molecular complexity index is 713. The van der Waals surface area contributed by atoms with Crippen LogP contribution in [0.2, 0.25) is 0 Å². The minimum atomic E-state index is 1.08. The van der Waals surface area contributed by atoms with Crippen LogP contribution in [0.5, 0.6) is 0 Å². The van der Waals surface area contributed by atoms with Crippen LogP contribution in [-0.4, -0.2) is 0 Å². The first-order valence-corrected chi connectivity index (χ1v) is 8.21. The maximum Gasteiger partial charge on any atom is 0.0467 e. The Morgan fingerprint density at radius 3 is 1.48 bits per heavy atom. The zero-order valence-corrected chi connectivity index (χ0v) is 14.1. The second kappa shape index (κ2) is 6.70. The van der Waals surface area contributed by atoms with E-state index in [9.17, 15) is 0 Å². The SMILES string of the molecule is CCc1c(C)cc(N(c2ccccc2)c2ccccc2)cc1C. The maximum atomic E-state index is 2.32. The van der Waals surface area contributed by atoms with Crippen LogP contribution in [0.4, 0.5) is 17.1 Å². The second-order valence-corrected chi connectivity index (χ2v) is 5.92. The normalized spacial score (nSPS) is 10.6. The van der Waals surface area contributed by atoms with Crippen molar-refractivity contribution in [2.45, 2.75) is 27.2 Å². The lowest BCUT2D eigenvalue weighted by molar-refractivity contribution is 1.07. The highest BCUT2D eigenvalue weighted by molar-refractivity contribution is 5.77. The minimum absolute atomic E-state index is 1.08. The summed E-state index contributed by atoms with van der Waals surface area (Å²) in [6, 6.07) is 25.7. The van der Waals surface area contributed by atoms with E-state index in [1.807, 2.05) is 0 Å². The molecule has 0 aromatic heterocycles. The number of hydrogen-bond acceptors (Lipinski definition) is 1. The second-order valence-electron chi connectivity index (χ2n) is 5.92. The summed E-state index contributed by atoms with van der Waals surface area (Å²) in [6.45, 7) is 6.65. The average molecular weight is 301 g/mol. The van der Waals surface area contributed by atoms with E-state index in [1.54, 1.807) is 0 Å². The fourth-order valence-corrected chi connectivity index (χ4v) is 3.26. The van der Waals surface area contributed by atoms with Crippen molar-refractivity contribution in [3.63, 3.8) is 0 Å². The first-order chi connectivity index (χ1) is 11.2. The van der Waals surface area contributed by atoms with Gasteiger partial charge < -0.3 is 4.90 Å². The van der Waals surface area contributed by atoms with E-state index in [1.165, 1.54) is 33.8 Å². The molecule has 0 aliphatic heterocycles. The number of nitrogens with zero attached hydrogens (tertiary/aromatic N) is 1. The third kappa shape index (κ3) is 3.14. The topological polar surface area (TPSA) is 3.24 Å². The average Bonchev–Trinajstić information content (AvgIpc) is 2.57. The van der Waals surface area contributed by atoms with Crippen LogP contribution < -0.4 is 4.90 Å². The van der Waals surface area contributed by atoms with Gasteiger partial charge in [0.15, 0.2) is 0 Å². The molecule has 3 rings (SSSR count). The van der Waals surface area contributed by atoms with Gasteiger partial charge in [0.2, 0.25) is 0 Å². The molecule has 0 atom stereocenters. The smallest absolute Gasteiger partial charge is 0.0467 e. The van der Waals surface area contributed by atoms with Gasteiger partial charge in [-0.1, -0.05) is 43.3 Å². The van der Waals surface area contributed by atoms with Gasteiger partial charge in [-0.15, -0.1) is 0 Å². The van der Waals surface area contributed by atoms with Gasteiger partial charge in [0.05, 0.1) is 0 Å². The molecule has 0 bridgehead atoms. The maximum absolute atomic E-state index is 2.32. The van der Waals surface area contributed by atoms with Crippen molar-refractivity contribution in [3.8, 4) is 0 Å². The van der Waals surface area contributed by atoms with Crippen LogP contribution in [0, 0.1) is 13.8 Å². The molecule has 0 aliphatic carbocycles. The number of benzene rings is 3. The highest BCUT2D eigenvalue weighted by atomic mass is 15.1. The molecule has 1 nitrogen and oxygen atoms in total. The Kier molecular flexibility index (Phi) is 4.47. The number of anilines is 3. The van der Waals surface area contributed by atoms with Gasteiger partial charge in [-0.25, -0.2) is 0 Å². The molecule has 0 heterocycles. The van der Waals surface area contributed by atoms with E-state index >= 15 is 0 Å². The molecule has 0 spiro atoms. The predicted molar refractivity (Wildman–Crippen MR) is 100.0 cm³/mol. The van der Waals surface area contributed by atoms with Crippen molar-refractivity contribution >= 4 is 17.1 Å². The zero-order chi connectivity index (χ0) is 16.2. The van der Waals surface area contributed by atoms with Gasteiger partial charge in [0, 0.05) is 17.1 Å². The number of hydrogen-bond donors (Lipinski definition) is 0. The molecule has 3 aromatic rings. The summed E-state index contributed by atoms with van der Waals surface area (Å²) < 4.78 is 0. The van der Waals surface area contributed by atoms with E-state index in [-0.39, 0.29) is 0 Å². The molecule has 116 valence electrons. The molecule has 0 saturated carbocycles. The van der Waals surface area contributed by atoms with Gasteiger partial charge in [-0.3, -0.25) is 0 Å². The van der Waals surface area contributed by atoms with Crippen LogP contribution in [0.1, 0.15) is 23.6 Å². The van der Waals surface area contributed by atoms with Gasteiger partial charge in [-0.2, -0.15) is 0 Å². The first-order valence-electron chi connectivity index (χ1n) is 8.21. The molecule has 0 unspecified atom stereocenters. The van der Waals surface area contributed by atoms with Crippen molar-refractivity contribution in [2.75, 3.05) is 4.90 Å². The van der Waals surface area contributed by atoms with Crippen LogP contribution in [0.3, 0.4) is 0 Å². The van der Waals surface area contributed by atoms with Gasteiger partial charge >= 0.3 is 0 Å². The van der Waals surface area contributed by atoms with Crippen molar-refractivity contribution in [1.82, 2.24) is 0 Å². The third-order valence-corrected chi connectivity index (χ3v) is 4.32. The summed E-state index contributed by atoms with van der Waals surface area (Å²) in [5.74, 6) is 0. The Labute approximate surface area is 139 Å². The Morgan fingerprint density at radius 1 is 0.652 bits per heavy atom. The summed E-state index contributed by atoms with van der Waals surface area (Å²) in [4.78, 5) is 2.32. The van der Waals surface area contributed by atoms with Crippen LogP contribution in [0.15, 0.2) is 72.8 Å². The third-order valence-electron chi connectivity index (χ3n) is 4.32. The van der Waals surface area contributed by atoms with E-state index in [4.69, 9.17) is 0 Å². The first kappa shape index (κ1) is 15.4. The molecular formula is C22H23N. The van der Waals surface area contributed by atoms with Crippen molar-refractivity contribution in [3.05, 3.63) is 89.5 Å². The summed E-state index contributed by atoms with van der Waals surface area (Å²) in [6.07, 6.45) is 1.08. The molecule has 0 radical (unpaired) electrons. The summed E-state index contributed by atoms with van der Waals surface area (Å²) in [5, 5.41) is 0. The largest absolute Gasteiger partial charge is 0.310 e. The fraction of sp³-hybridized carbons (Fsp3) is 0.182. The van der Waals surface area contributed by atoms with E-state index in [2.05, 4.69) is 98.5 Å². The summed E-state index contributed by atoms with van der Waals surface area (Å²) in [7, 11) is 0. The molecule has 3 aromatic carbocycles. The lowest BCUT2D eigenvalue weighted by Gasteiger charge is -2.27. The van der Waals surface area contributed by atoms with Crippen molar-refractivity contribution in [1.29, 1.82) is 0 Å². The molecule has 0 fully saturated rings.